The lowest BCUT2D eigenvalue weighted by Crippen LogP contribution is -2.12. The fourth-order valence-electron chi connectivity index (χ4n) is 9.42. The summed E-state index contributed by atoms with van der Waals surface area (Å²) in [5, 5.41) is 10.6. The van der Waals surface area contributed by atoms with Crippen LogP contribution in [0.4, 0.5) is 42.9 Å². The van der Waals surface area contributed by atoms with E-state index < -0.39 is 0 Å². The van der Waals surface area contributed by atoms with Crippen molar-refractivity contribution in [2.24, 2.45) is 0 Å². The molecule has 7 heteroatoms. The number of furan rings is 2. The smallest absolute Gasteiger partial charge is 0.159 e. The van der Waals surface area contributed by atoms with Gasteiger partial charge in [-0.3, -0.25) is 0 Å². The molecule has 0 fully saturated rings. The van der Waals surface area contributed by atoms with Gasteiger partial charge in [0.05, 0.1) is 22.7 Å². The minimum Gasteiger partial charge on any atom is -0.454 e. The first-order chi connectivity index (χ1) is 29.9. The van der Waals surface area contributed by atoms with E-state index in [4.69, 9.17) is 8.83 Å². The average molecular weight is 907 g/mol. The van der Waals surface area contributed by atoms with Gasteiger partial charge in [-0.15, -0.1) is 0 Å². The molecule has 0 saturated heterocycles. The van der Waals surface area contributed by atoms with Crippen LogP contribution >= 0.6 is 22.6 Å². The maximum Gasteiger partial charge on any atom is 0.159 e. The zero-order chi connectivity index (χ0) is 40.9. The van der Waals surface area contributed by atoms with Crippen molar-refractivity contribution < 1.29 is 17.6 Å². The molecule has 0 aliphatic rings. The SMILES string of the molecule is Cc1cccc2c1oc1c(N(c3ccc(F)cc3)c3ccc4ccc5c(N(c6ccc(F)cc6)c6cccc7c6oc6c(CI)cccc67)ccc6ccc3c4c65)cccc12. The largest absolute Gasteiger partial charge is 0.454 e. The molecule has 0 bridgehead atoms. The van der Waals surface area contributed by atoms with E-state index in [1.807, 2.05) is 24.3 Å². The van der Waals surface area contributed by atoms with Crippen LogP contribution in [0.15, 0.2) is 179 Å². The second kappa shape index (κ2) is 13.8. The molecule has 4 nitrogen and oxygen atoms in total. The van der Waals surface area contributed by atoms with Gasteiger partial charge in [0.15, 0.2) is 11.2 Å². The fraction of sp³-hybridized carbons (Fsp3) is 0.0370. The Labute approximate surface area is 362 Å². The molecule has 0 aliphatic heterocycles. The maximum atomic E-state index is 14.6. The highest BCUT2D eigenvalue weighted by molar-refractivity contribution is 14.1. The molecule has 0 unspecified atom stereocenters. The van der Waals surface area contributed by atoms with Crippen LogP contribution in [0.1, 0.15) is 11.1 Å². The highest BCUT2D eigenvalue weighted by Gasteiger charge is 2.26. The fourth-order valence-corrected chi connectivity index (χ4v) is 10.0. The van der Waals surface area contributed by atoms with Gasteiger partial charge in [-0.25, -0.2) is 8.78 Å². The standard InChI is InChI=1S/C54H33F2IN2O2/c1-31-6-2-8-39-41-10-4-12-47(53(41)60-51(31)39)58(37-22-18-35(55)19-23-37)45-28-16-32-15-27-44-46(29-17-33-14-26-43(45)49(32)50(33)44)59(38-24-20-36(56)21-25-38)48-13-5-11-42-40-9-3-7-34(30-57)52(40)61-54(42)48/h2-29H,30H2,1H3. The first-order valence-electron chi connectivity index (χ1n) is 20.2. The number of fused-ring (bicyclic) bond motifs is 6. The first-order valence-corrected chi connectivity index (χ1v) is 21.7. The summed E-state index contributed by atoms with van der Waals surface area (Å²) in [5.41, 5.74) is 10.6. The topological polar surface area (TPSA) is 32.8 Å². The number of alkyl halides is 1. The van der Waals surface area contributed by atoms with E-state index in [9.17, 15) is 8.78 Å². The summed E-state index contributed by atoms with van der Waals surface area (Å²) in [6, 6.07) is 55.7. The summed E-state index contributed by atoms with van der Waals surface area (Å²) in [7, 11) is 0. The Kier molecular flexibility index (Phi) is 8.12. The Hall–Kier alpha value is -6.97. The molecule has 0 spiro atoms. The van der Waals surface area contributed by atoms with Gasteiger partial charge >= 0.3 is 0 Å². The summed E-state index contributed by atoms with van der Waals surface area (Å²) < 4.78 is 43.6. The van der Waals surface area contributed by atoms with E-state index in [0.717, 1.165) is 126 Å². The maximum absolute atomic E-state index is 14.6. The molecule has 2 heterocycles. The molecule has 0 radical (unpaired) electrons. The van der Waals surface area contributed by atoms with Crippen molar-refractivity contribution in [3.63, 3.8) is 0 Å². The van der Waals surface area contributed by atoms with E-state index in [1.165, 1.54) is 24.3 Å². The van der Waals surface area contributed by atoms with Crippen molar-refractivity contribution >= 4 is 133 Å². The molecular weight excluding hydrogens is 874 g/mol. The monoisotopic (exact) mass is 906 g/mol. The van der Waals surface area contributed by atoms with Gasteiger partial charge in [0.2, 0.25) is 0 Å². The number of benzene rings is 10. The lowest BCUT2D eigenvalue weighted by molar-refractivity contribution is 0.627. The third kappa shape index (κ3) is 5.46. The molecule has 0 saturated carbocycles. The molecule has 292 valence electrons. The third-order valence-corrected chi connectivity index (χ3v) is 13.0. The Morgan fingerprint density at radius 1 is 0.410 bits per heavy atom. The van der Waals surface area contributed by atoms with Crippen LogP contribution in [0.25, 0.3) is 76.2 Å². The third-order valence-electron chi connectivity index (χ3n) is 12.2. The molecule has 0 atom stereocenters. The predicted molar refractivity (Wildman–Crippen MR) is 256 cm³/mol. The van der Waals surface area contributed by atoms with Crippen LogP contribution in [0.3, 0.4) is 0 Å². The average Bonchev–Trinajstić information content (AvgIpc) is 3.88. The minimum atomic E-state index is -0.307. The predicted octanol–water partition coefficient (Wildman–Crippen LogP) is 16.8. The second-order valence-electron chi connectivity index (χ2n) is 15.6. The van der Waals surface area contributed by atoms with Crippen molar-refractivity contribution in [3.8, 4) is 0 Å². The molecular formula is C54H33F2IN2O2. The van der Waals surface area contributed by atoms with E-state index in [-0.39, 0.29) is 11.6 Å². The van der Waals surface area contributed by atoms with Gasteiger partial charge in [0, 0.05) is 53.7 Å². The van der Waals surface area contributed by atoms with Crippen LogP contribution in [-0.4, -0.2) is 0 Å². The van der Waals surface area contributed by atoms with E-state index in [1.54, 1.807) is 0 Å². The molecule has 2 aromatic heterocycles. The number of hydrogen-bond donors (Lipinski definition) is 0. The molecule has 0 amide bonds. The Morgan fingerprint density at radius 2 is 0.836 bits per heavy atom. The minimum absolute atomic E-state index is 0.306. The van der Waals surface area contributed by atoms with E-state index in [0.29, 0.717) is 0 Å². The number of aryl methyl sites for hydroxylation is 1. The van der Waals surface area contributed by atoms with Crippen molar-refractivity contribution in [3.05, 3.63) is 193 Å². The molecule has 0 N–H and O–H groups in total. The van der Waals surface area contributed by atoms with Gasteiger partial charge in [-0.2, -0.15) is 0 Å². The number of rotatable bonds is 7. The molecule has 61 heavy (non-hydrogen) atoms. The lowest BCUT2D eigenvalue weighted by atomic mass is 9.91. The summed E-state index contributed by atoms with van der Waals surface area (Å²) in [6.07, 6.45) is 0. The second-order valence-corrected chi connectivity index (χ2v) is 16.4. The van der Waals surface area contributed by atoms with Crippen LogP contribution in [-0.2, 0) is 4.43 Å². The van der Waals surface area contributed by atoms with E-state index in [2.05, 4.69) is 161 Å². The summed E-state index contributed by atoms with van der Waals surface area (Å²) in [5.74, 6) is -0.613. The molecule has 0 aliphatic carbocycles. The van der Waals surface area contributed by atoms with Crippen molar-refractivity contribution in [1.29, 1.82) is 0 Å². The first kappa shape index (κ1) is 35.9. The van der Waals surface area contributed by atoms with Gasteiger partial charge in [0.1, 0.15) is 22.8 Å². The Balaban J connectivity index is 1.13. The number of para-hydroxylation sites is 4. The van der Waals surface area contributed by atoms with Crippen molar-refractivity contribution in [1.82, 2.24) is 0 Å². The summed E-state index contributed by atoms with van der Waals surface area (Å²) in [4.78, 5) is 4.37. The van der Waals surface area contributed by atoms with Crippen molar-refractivity contribution in [2.45, 2.75) is 11.4 Å². The normalized spacial score (nSPS) is 12.0. The number of anilines is 6. The van der Waals surface area contributed by atoms with E-state index >= 15 is 0 Å². The zero-order valence-corrected chi connectivity index (χ0v) is 34.9. The van der Waals surface area contributed by atoms with Crippen molar-refractivity contribution in [2.75, 3.05) is 9.80 Å². The highest BCUT2D eigenvalue weighted by Crippen LogP contribution is 2.50. The molecule has 12 aromatic rings. The van der Waals surface area contributed by atoms with Gasteiger partial charge in [-0.05, 0) is 107 Å². The summed E-state index contributed by atoms with van der Waals surface area (Å²) in [6.45, 7) is 2.06. The van der Waals surface area contributed by atoms with Crippen LogP contribution in [0.5, 0.6) is 0 Å². The van der Waals surface area contributed by atoms with Crippen LogP contribution < -0.4 is 9.80 Å². The number of hydrogen-bond acceptors (Lipinski definition) is 4. The van der Waals surface area contributed by atoms with Gasteiger partial charge in [0.25, 0.3) is 0 Å². The molecule has 10 aromatic carbocycles. The van der Waals surface area contributed by atoms with Crippen LogP contribution in [0.2, 0.25) is 0 Å². The lowest BCUT2D eigenvalue weighted by Gasteiger charge is -2.29. The summed E-state index contributed by atoms with van der Waals surface area (Å²) >= 11 is 2.38. The van der Waals surface area contributed by atoms with Crippen LogP contribution in [0, 0.1) is 18.6 Å². The van der Waals surface area contributed by atoms with Gasteiger partial charge in [-0.1, -0.05) is 120 Å². The highest BCUT2D eigenvalue weighted by atomic mass is 127. The zero-order valence-electron chi connectivity index (χ0n) is 32.7. The number of halogens is 3. The number of nitrogens with zero attached hydrogens (tertiary/aromatic N) is 2. The van der Waals surface area contributed by atoms with Gasteiger partial charge < -0.3 is 18.6 Å². The molecule has 12 rings (SSSR count). The quantitative estimate of drug-likeness (QED) is 0.0906. The Bertz CT molecular complexity index is 3690. The Morgan fingerprint density at radius 3 is 1.34 bits per heavy atom.